The van der Waals surface area contributed by atoms with Gasteiger partial charge in [0.15, 0.2) is 0 Å². The van der Waals surface area contributed by atoms with Gasteiger partial charge in [-0.05, 0) is 42.9 Å². The van der Waals surface area contributed by atoms with E-state index in [-0.39, 0.29) is 11.6 Å². The number of benzene rings is 1. The summed E-state index contributed by atoms with van der Waals surface area (Å²) in [6.45, 7) is 1.46. The number of anilines is 1. The van der Waals surface area contributed by atoms with E-state index >= 15 is 0 Å². The molecule has 1 aliphatic heterocycles. The number of hydrogen-bond acceptors (Lipinski definition) is 3. The summed E-state index contributed by atoms with van der Waals surface area (Å²) in [5.41, 5.74) is 0.189. The number of methoxy groups -OCH3 is 1. The van der Waals surface area contributed by atoms with Crippen LogP contribution in [0.4, 0.5) is 14.9 Å². The smallest absolute Gasteiger partial charge is 0.340 e. The number of nitrogens with one attached hydrogen (secondary N) is 1. The van der Waals surface area contributed by atoms with Crippen LogP contribution in [-0.4, -0.2) is 37.1 Å². The second-order valence-electron chi connectivity index (χ2n) is 5.98. The summed E-state index contributed by atoms with van der Waals surface area (Å²) < 4.78 is 18.1. The minimum atomic E-state index is -0.767. The molecule has 122 valence electrons. The first kappa shape index (κ1) is 15.5. The van der Waals surface area contributed by atoms with Crippen molar-refractivity contribution in [2.24, 2.45) is 11.8 Å². The molecule has 1 aromatic rings. The highest BCUT2D eigenvalue weighted by Crippen LogP contribution is 2.33. The summed E-state index contributed by atoms with van der Waals surface area (Å²) in [5, 5.41) is 2.73. The van der Waals surface area contributed by atoms with Crippen molar-refractivity contribution in [2.45, 2.75) is 12.8 Å². The highest BCUT2D eigenvalue weighted by molar-refractivity contribution is 5.94. The van der Waals surface area contributed by atoms with Crippen LogP contribution in [0.25, 0.3) is 0 Å². The Morgan fingerprint density at radius 1 is 1.22 bits per heavy atom. The highest BCUT2D eigenvalue weighted by Gasteiger charge is 2.35. The van der Waals surface area contributed by atoms with E-state index in [0.29, 0.717) is 17.5 Å². The molecule has 6 heteroatoms. The Morgan fingerprint density at radius 2 is 1.87 bits per heavy atom. The number of fused-ring (bicyclic) bond motifs is 1. The zero-order valence-corrected chi connectivity index (χ0v) is 12.9. The number of likely N-dealkylation sites (tertiary alicyclic amines) is 1. The van der Waals surface area contributed by atoms with Crippen molar-refractivity contribution < 1.29 is 18.7 Å². The Kier molecular flexibility index (Phi) is 4.32. The lowest BCUT2D eigenvalue weighted by atomic mass is 9.86. The molecule has 2 amide bonds. The summed E-state index contributed by atoms with van der Waals surface area (Å²) in [6.07, 6.45) is 6.37. The summed E-state index contributed by atoms with van der Waals surface area (Å²) in [4.78, 5) is 25.7. The van der Waals surface area contributed by atoms with Gasteiger partial charge in [0.25, 0.3) is 0 Å². The topological polar surface area (TPSA) is 58.6 Å². The zero-order chi connectivity index (χ0) is 16.4. The lowest BCUT2D eigenvalue weighted by Crippen LogP contribution is -2.33. The zero-order valence-electron chi connectivity index (χ0n) is 12.9. The first-order valence-electron chi connectivity index (χ1n) is 7.67. The molecule has 0 bridgehead atoms. The second-order valence-corrected chi connectivity index (χ2v) is 5.98. The normalized spacial score (nSPS) is 22.6. The third kappa shape index (κ3) is 3.21. The van der Waals surface area contributed by atoms with Crippen LogP contribution in [0.15, 0.2) is 30.4 Å². The summed E-state index contributed by atoms with van der Waals surface area (Å²) >= 11 is 0. The molecule has 0 spiro atoms. The van der Waals surface area contributed by atoms with Crippen LogP contribution < -0.4 is 5.32 Å². The molecule has 1 fully saturated rings. The van der Waals surface area contributed by atoms with Crippen molar-refractivity contribution >= 4 is 17.7 Å². The van der Waals surface area contributed by atoms with Gasteiger partial charge in [-0.2, -0.15) is 0 Å². The molecule has 0 aromatic heterocycles. The van der Waals surface area contributed by atoms with Crippen molar-refractivity contribution in [3.05, 3.63) is 41.7 Å². The molecule has 1 aromatic carbocycles. The Balaban J connectivity index is 1.68. The number of urea groups is 1. The lowest BCUT2D eigenvalue weighted by Gasteiger charge is -2.17. The van der Waals surface area contributed by atoms with E-state index in [1.807, 2.05) is 0 Å². The third-order valence-corrected chi connectivity index (χ3v) is 4.53. The molecule has 0 saturated carbocycles. The molecule has 2 atom stereocenters. The standard InChI is InChI=1S/C17H19FN2O3/c1-23-16(21)14-8-13(6-7-15(14)18)19-17(22)20-9-11-4-2-3-5-12(11)10-20/h2-3,6-8,11-12H,4-5,9-10H2,1H3,(H,19,22)/t11-,12-/m1/s1. The van der Waals surface area contributed by atoms with Crippen molar-refractivity contribution in [3.63, 3.8) is 0 Å². The number of carbonyl (C=O) groups excluding carboxylic acids is 2. The van der Waals surface area contributed by atoms with Gasteiger partial charge in [-0.25, -0.2) is 14.0 Å². The molecule has 0 unspecified atom stereocenters. The molecule has 2 aliphatic rings. The number of nitrogens with zero attached hydrogens (tertiary/aromatic N) is 1. The van der Waals surface area contributed by atoms with E-state index in [4.69, 9.17) is 0 Å². The number of hydrogen-bond donors (Lipinski definition) is 1. The van der Waals surface area contributed by atoms with Crippen LogP contribution in [0.1, 0.15) is 23.2 Å². The summed E-state index contributed by atoms with van der Waals surface area (Å²) in [6, 6.07) is 3.66. The van der Waals surface area contributed by atoms with Crippen LogP contribution in [-0.2, 0) is 4.74 Å². The fourth-order valence-corrected chi connectivity index (χ4v) is 3.25. The molecular formula is C17H19FN2O3. The Bertz CT molecular complexity index is 643. The van der Waals surface area contributed by atoms with Gasteiger partial charge in [0.05, 0.1) is 12.7 Å². The van der Waals surface area contributed by atoms with E-state index in [2.05, 4.69) is 22.2 Å². The molecular weight excluding hydrogens is 299 g/mol. The van der Waals surface area contributed by atoms with Gasteiger partial charge in [-0.1, -0.05) is 12.2 Å². The van der Waals surface area contributed by atoms with Gasteiger partial charge in [0.2, 0.25) is 0 Å². The maximum Gasteiger partial charge on any atom is 0.340 e. The second kappa shape index (κ2) is 6.40. The number of halogens is 1. The minimum Gasteiger partial charge on any atom is -0.465 e. The van der Waals surface area contributed by atoms with Crippen LogP contribution >= 0.6 is 0 Å². The number of amides is 2. The number of allylic oxidation sites excluding steroid dienone is 2. The van der Waals surface area contributed by atoms with Crippen molar-refractivity contribution in [1.29, 1.82) is 0 Å². The molecule has 0 radical (unpaired) electrons. The predicted molar refractivity (Wildman–Crippen MR) is 83.7 cm³/mol. The van der Waals surface area contributed by atoms with Gasteiger partial charge in [-0.3, -0.25) is 0 Å². The molecule has 1 aliphatic carbocycles. The lowest BCUT2D eigenvalue weighted by molar-refractivity contribution is 0.0595. The first-order chi connectivity index (χ1) is 11.1. The number of ether oxygens (including phenoxy) is 1. The van der Waals surface area contributed by atoms with Crippen LogP contribution in [0.5, 0.6) is 0 Å². The molecule has 1 saturated heterocycles. The van der Waals surface area contributed by atoms with Crippen molar-refractivity contribution in [1.82, 2.24) is 4.90 Å². The van der Waals surface area contributed by atoms with Gasteiger partial charge >= 0.3 is 12.0 Å². The molecule has 1 heterocycles. The van der Waals surface area contributed by atoms with E-state index in [1.165, 1.54) is 19.2 Å². The van der Waals surface area contributed by atoms with Crippen molar-refractivity contribution in [3.8, 4) is 0 Å². The molecule has 5 nitrogen and oxygen atoms in total. The minimum absolute atomic E-state index is 0.190. The fourth-order valence-electron chi connectivity index (χ4n) is 3.25. The van der Waals surface area contributed by atoms with Crippen molar-refractivity contribution in [2.75, 3.05) is 25.5 Å². The van der Waals surface area contributed by atoms with Gasteiger partial charge in [0, 0.05) is 18.8 Å². The Labute approximate surface area is 134 Å². The largest absolute Gasteiger partial charge is 0.465 e. The fraction of sp³-hybridized carbons (Fsp3) is 0.412. The van der Waals surface area contributed by atoms with E-state index in [0.717, 1.165) is 32.0 Å². The predicted octanol–water partition coefficient (Wildman–Crippen LogP) is 3.04. The van der Waals surface area contributed by atoms with Gasteiger partial charge in [-0.15, -0.1) is 0 Å². The van der Waals surface area contributed by atoms with Crippen LogP contribution in [0.2, 0.25) is 0 Å². The maximum atomic E-state index is 13.6. The van der Waals surface area contributed by atoms with E-state index in [1.54, 1.807) is 4.90 Å². The molecule has 1 N–H and O–H groups in total. The summed E-state index contributed by atoms with van der Waals surface area (Å²) in [5.74, 6) is -0.404. The SMILES string of the molecule is COC(=O)c1cc(NC(=O)N2C[C@H]3CC=CC[C@@H]3C2)ccc1F. The number of carbonyl (C=O) groups is 2. The molecule has 3 rings (SSSR count). The van der Waals surface area contributed by atoms with E-state index in [9.17, 15) is 14.0 Å². The number of rotatable bonds is 2. The van der Waals surface area contributed by atoms with Gasteiger partial charge in [0.1, 0.15) is 5.82 Å². The monoisotopic (exact) mass is 318 g/mol. The average Bonchev–Trinajstić information content (AvgIpc) is 3.00. The highest BCUT2D eigenvalue weighted by atomic mass is 19.1. The van der Waals surface area contributed by atoms with E-state index < -0.39 is 11.8 Å². The first-order valence-corrected chi connectivity index (χ1v) is 7.67. The van der Waals surface area contributed by atoms with Crippen LogP contribution in [0, 0.1) is 17.7 Å². The summed E-state index contributed by atoms with van der Waals surface area (Å²) in [7, 11) is 1.19. The maximum absolute atomic E-state index is 13.6. The average molecular weight is 318 g/mol. The number of esters is 1. The molecule has 23 heavy (non-hydrogen) atoms. The Hall–Kier alpha value is -2.37. The third-order valence-electron chi connectivity index (χ3n) is 4.53. The van der Waals surface area contributed by atoms with Gasteiger partial charge < -0.3 is 15.0 Å². The van der Waals surface area contributed by atoms with Crippen LogP contribution in [0.3, 0.4) is 0 Å². The Morgan fingerprint density at radius 3 is 2.48 bits per heavy atom. The quantitative estimate of drug-likeness (QED) is 0.673.